The minimum atomic E-state index is -1.05. The Morgan fingerprint density at radius 2 is 1.96 bits per heavy atom. The van der Waals surface area contributed by atoms with Crippen molar-refractivity contribution >= 4 is 5.97 Å². The van der Waals surface area contributed by atoms with Gasteiger partial charge in [-0.05, 0) is 86.8 Å². The lowest BCUT2D eigenvalue weighted by atomic mass is 9.66. The van der Waals surface area contributed by atoms with Gasteiger partial charge in [0.25, 0.3) is 0 Å². The van der Waals surface area contributed by atoms with Crippen LogP contribution in [-0.4, -0.2) is 16.7 Å². The van der Waals surface area contributed by atoms with E-state index in [0.717, 1.165) is 30.1 Å². The van der Waals surface area contributed by atoms with Gasteiger partial charge in [0.1, 0.15) is 5.60 Å². The van der Waals surface area contributed by atoms with Crippen LogP contribution in [0.15, 0.2) is 18.2 Å². The first-order chi connectivity index (χ1) is 11.5. The summed E-state index contributed by atoms with van der Waals surface area (Å²) in [7, 11) is 0. The molecule has 128 valence electrons. The van der Waals surface area contributed by atoms with Gasteiger partial charge < -0.3 is 9.84 Å². The van der Waals surface area contributed by atoms with Gasteiger partial charge in [0.05, 0.1) is 5.56 Å². The van der Waals surface area contributed by atoms with Gasteiger partial charge in [-0.25, -0.2) is 9.18 Å². The predicted octanol–water partition coefficient (Wildman–Crippen LogP) is 4.36. The average molecular weight is 330 g/mol. The van der Waals surface area contributed by atoms with Crippen LogP contribution in [0.5, 0.6) is 5.75 Å². The normalized spacial score (nSPS) is 44.8. The van der Waals surface area contributed by atoms with Crippen molar-refractivity contribution in [2.45, 2.75) is 44.6 Å². The van der Waals surface area contributed by atoms with Crippen molar-refractivity contribution in [3.8, 4) is 5.75 Å². The van der Waals surface area contributed by atoms with E-state index in [9.17, 15) is 9.18 Å². The Bertz CT molecular complexity index is 717. The smallest absolute Gasteiger partial charge is 0.335 e. The lowest BCUT2D eigenvalue weighted by Gasteiger charge is -2.44. The van der Waals surface area contributed by atoms with E-state index in [1.165, 1.54) is 43.9 Å². The van der Waals surface area contributed by atoms with Crippen molar-refractivity contribution in [2.75, 3.05) is 0 Å². The zero-order chi connectivity index (χ0) is 16.6. The molecule has 4 saturated carbocycles. The summed E-state index contributed by atoms with van der Waals surface area (Å²) in [5.74, 6) is 3.19. The van der Waals surface area contributed by atoms with Gasteiger partial charge in [-0.2, -0.15) is 0 Å². The Kier molecular flexibility index (Phi) is 2.91. The summed E-state index contributed by atoms with van der Waals surface area (Å²) in [6, 6.07) is 3.84. The molecule has 4 fully saturated rings. The van der Waals surface area contributed by atoms with Crippen LogP contribution in [-0.2, 0) is 0 Å². The van der Waals surface area contributed by atoms with E-state index < -0.39 is 11.8 Å². The number of carboxylic acid groups (broad SMARTS) is 1. The molecule has 5 rings (SSSR count). The summed E-state index contributed by atoms with van der Waals surface area (Å²) in [5, 5.41) is 9.15. The highest BCUT2D eigenvalue weighted by atomic mass is 19.1. The predicted molar refractivity (Wildman–Crippen MR) is 86.4 cm³/mol. The monoisotopic (exact) mass is 330 g/mol. The maximum absolute atomic E-state index is 14.2. The molecule has 3 nitrogen and oxygen atoms in total. The maximum atomic E-state index is 14.2. The number of hydrogen-bond acceptors (Lipinski definition) is 2. The number of aromatic carboxylic acids is 1. The fourth-order valence-electron chi connectivity index (χ4n) is 6.95. The van der Waals surface area contributed by atoms with Gasteiger partial charge in [-0.1, -0.05) is 0 Å². The van der Waals surface area contributed by atoms with Crippen molar-refractivity contribution < 1.29 is 19.0 Å². The van der Waals surface area contributed by atoms with E-state index in [1.807, 2.05) is 0 Å². The molecular formula is C20H23FO3. The first-order valence-corrected chi connectivity index (χ1v) is 9.18. The van der Waals surface area contributed by atoms with Crippen LogP contribution in [0.3, 0.4) is 0 Å². The van der Waals surface area contributed by atoms with Crippen LogP contribution >= 0.6 is 0 Å². The number of hydrogen-bond donors (Lipinski definition) is 1. The van der Waals surface area contributed by atoms with E-state index in [2.05, 4.69) is 6.92 Å². The molecule has 4 heteroatoms. The molecule has 0 spiro atoms. The summed E-state index contributed by atoms with van der Waals surface area (Å²) in [4.78, 5) is 11.2. The minimum absolute atomic E-state index is 0.0796. The van der Waals surface area contributed by atoms with Crippen molar-refractivity contribution in [2.24, 2.45) is 35.5 Å². The molecule has 0 aromatic heterocycles. The molecule has 24 heavy (non-hydrogen) atoms. The SMILES string of the molecule is CC1(Oc2cc(C(=O)O)ccc2F)CC2CC1C1C3CCC(C3)C21. The fourth-order valence-corrected chi connectivity index (χ4v) is 6.95. The Hall–Kier alpha value is -1.58. The van der Waals surface area contributed by atoms with Gasteiger partial charge in [-0.15, -0.1) is 0 Å². The molecule has 0 heterocycles. The van der Waals surface area contributed by atoms with Crippen molar-refractivity contribution in [1.82, 2.24) is 0 Å². The highest BCUT2D eigenvalue weighted by Crippen LogP contribution is 2.70. The summed E-state index contributed by atoms with van der Waals surface area (Å²) in [6.45, 7) is 2.12. The largest absolute Gasteiger partial charge is 0.484 e. The third-order valence-corrected chi connectivity index (χ3v) is 7.59. The Labute approximate surface area is 141 Å². The maximum Gasteiger partial charge on any atom is 0.335 e. The molecule has 4 bridgehead atoms. The molecule has 0 amide bonds. The minimum Gasteiger partial charge on any atom is -0.484 e. The molecule has 4 aliphatic rings. The fraction of sp³-hybridized carbons (Fsp3) is 0.650. The van der Waals surface area contributed by atoms with Crippen LogP contribution in [0.1, 0.15) is 49.4 Å². The zero-order valence-corrected chi connectivity index (χ0v) is 13.9. The van der Waals surface area contributed by atoms with E-state index in [1.54, 1.807) is 0 Å². The molecule has 0 radical (unpaired) electrons. The highest BCUT2D eigenvalue weighted by molar-refractivity contribution is 5.88. The van der Waals surface area contributed by atoms with Crippen molar-refractivity contribution in [1.29, 1.82) is 0 Å². The van der Waals surface area contributed by atoms with Gasteiger partial charge in [0.2, 0.25) is 0 Å². The average Bonchev–Trinajstić information content (AvgIpc) is 3.26. The molecule has 1 aromatic carbocycles. The van der Waals surface area contributed by atoms with E-state index in [-0.39, 0.29) is 16.9 Å². The Morgan fingerprint density at radius 1 is 1.21 bits per heavy atom. The first-order valence-electron chi connectivity index (χ1n) is 9.18. The zero-order valence-electron chi connectivity index (χ0n) is 13.9. The first kappa shape index (κ1) is 14.7. The molecule has 0 saturated heterocycles. The third-order valence-electron chi connectivity index (χ3n) is 7.59. The van der Waals surface area contributed by atoms with Crippen LogP contribution in [0.2, 0.25) is 0 Å². The van der Waals surface area contributed by atoms with Gasteiger partial charge in [0.15, 0.2) is 11.6 Å². The number of halogens is 1. The van der Waals surface area contributed by atoms with Crippen LogP contribution in [0.4, 0.5) is 4.39 Å². The second kappa shape index (κ2) is 4.74. The number of carbonyl (C=O) groups is 1. The number of rotatable bonds is 3. The van der Waals surface area contributed by atoms with Crippen LogP contribution < -0.4 is 4.74 Å². The third kappa shape index (κ3) is 1.86. The summed E-state index contributed by atoms with van der Waals surface area (Å²) < 4.78 is 20.4. The van der Waals surface area contributed by atoms with Gasteiger partial charge in [0, 0.05) is 5.92 Å². The van der Waals surface area contributed by atoms with Gasteiger partial charge >= 0.3 is 5.97 Å². The van der Waals surface area contributed by atoms with Crippen LogP contribution in [0.25, 0.3) is 0 Å². The number of benzene rings is 1. The summed E-state index contributed by atoms with van der Waals surface area (Å²) in [5.41, 5.74) is -0.273. The number of carboxylic acids is 1. The van der Waals surface area contributed by atoms with E-state index in [0.29, 0.717) is 11.8 Å². The lowest BCUT2D eigenvalue weighted by Crippen LogP contribution is -2.46. The lowest BCUT2D eigenvalue weighted by molar-refractivity contribution is -0.0325. The highest BCUT2D eigenvalue weighted by Gasteiger charge is 2.66. The molecule has 4 aliphatic carbocycles. The molecule has 0 aliphatic heterocycles. The van der Waals surface area contributed by atoms with Crippen molar-refractivity contribution in [3.63, 3.8) is 0 Å². The summed E-state index contributed by atoms with van der Waals surface area (Å²) >= 11 is 0. The Morgan fingerprint density at radius 3 is 2.71 bits per heavy atom. The van der Waals surface area contributed by atoms with Crippen LogP contribution in [0, 0.1) is 41.3 Å². The molecular weight excluding hydrogens is 307 g/mol. The molecule has 7 atom stereocenters. The number of fused-ring (bicyclic) bond motifs is 9. The second-order valence-corrected chi connectivity index (χ2v) is 8.66. The number of ether oxygens (including phenoxy) is 1. The topological polar surface area (TPSA) is 46.5 Å². The second-order valence-electron chi connectivity index (χ2n) is 8.66. The van der Waals surface area contributed by atoms with E-state index in [4.69, 9.17) is 9.84 Å². The molecule has 1 aromatic rings. The van der Waals surface area contributed by atoms with E-state index >= 15 is 0 Å². The quantitative estimate of drug-likeness (QED) is 0.838. The summed E-state index contributed by atoms with van der Waals surface area (Å²) in [6.07, 6.45) is 6.34. The standard InChI is InChI=1S/C20H23FO3/c1-20(24-16-8-12(19(22)23)4-5-15(16)21)9-13-7-14(20)18-11-3-2-10(6-11)17(13)18/h4-5,8,10-11,13-14,17-18H,2-3,6-7,9H2,1H3,(H,22,23). The molecule has 7 unspecified atom stereocenters. The van der Waals surface area contributed by atoms with Gasteiger partial charge in [-0.3, -0.25) is 0 Å². The van der Waals surface area contributed by atoms with Crippen molar-refractivity contribution in [3.05, 3.63) is 29.6 Å². The molecule has 1 N–H and O–H groups in total. The Balaban J connectivity index is 1.44.